The smallest absolute Gasteiger partial charge is 0.255 e. The Kier molecular flexibility index (Phi) is 4.11. The highest BCUT2D eigenvalue weighted by Gasteiger charge is 2.13. The predicted octanol–water partition coefficient (Wildman–Crippen LogP) is 4.49. The molecule has 2 N–H and O–H groups in total. The number of aromatic amines is 1. The molecule has 1 aromatic heterocycles. The molecule has 0 fully saturated rings. The number of benzene rings is 3. The van der Waals surface area contributed by atoms with E-state index < -0.39 is 0 Å². The molecule has 1 amide bonds. The summed E-state index contributed by atoms with van der Waals surface area (Å²) in [5.41, 5.74) is 3.90. The Morgan fingerprint density at radius 3 is 2.65 bits per heavy atom. The molecule has 4 aromatic rings. The van der Waals surface area contributed by atoms with Crippen LogP contribution in [0.5, 0.6) is 5.75 Å². The normalized spacial score (nSPS) is 10.7. The first-order valence-corrected chi connectivity index (χ1v) is 8.24. The number of nitrogens with zero attached hydrogens (tertiary/aromatic N) is 1. The number of rotatable bonds is 4. The van der Waals surface area contributed by atoms with Crippen molar-refractivity contribution in [1.29, 1.82) is 0 Å². The van der Waals surface area contributed by atoms with Crippen LogP contribution >= 0.6 is 0 Å². The maximum absolute atomic E-state index is 12.6. The number of anilines is 1. The minimum Gasteiger partial charge on any atom is -0.497 e. The highest BCUT2D eigenvalue weighted by Crippen LogP contribution is 2.28. The van der Waals surface area contributed by atoms with Crippen LogP contribution in [-0.2, 0) is 0 Å². The number of hydrogen-bond donors (Lipinski definition) is 2. The van der Waals surface area contributed by atoms with Crippen LogP contribution in [-0.4, -0.2) is 23.0 Å². The van der Waals surface area contributed by atoms with E-state index in [1.165, 1.54) is 0 Å². The first-order chi connectivity index (χ1) is 12.7. The number of hydrogen-bond acceptors (Lipinski definition) is 3. The molecular formula is C21H17N3O2. The Morgan fingerprint density at radius 2 is 1.81 bits per heavy atom. The minimum absolute atomic E-state index is 0.201. The van der Waals surface area contributed by atoms with Crippen molar-refractivity contribution in [2.24, 2.45) is 0 Å². The third kappa shape index (κ3) is 3.02. The van der Waals surface area contributed by atoms with Crippen LogP contribution in [0.4, 0.5) is 5.69 Å². The second-order valence-corrected chi connectivity index (χ2v) is 5.83. The van der Waals surface area contributed by atoms with Gasteiger partial charge in [0.15, 0.2) is 0 Å². The van der Waals surface area contributed by atoms with Crippen molar-refractivity contribution in [3.8, 4) is 17.1 Å². The van der Waals surface area contributed by atoms with Crippen LogP contribution in [0.2, 0.25) is 0 Å². The molecule has 0 radical (unpaired) electrons. The Hall–Kier alpha value is -3.60. The van der Waals surface area contributed by atoms with E-state index in [0.29, 0.717) is 22.8 Å². The number of amides is 1. The number of carbonyl (C=O) groups excluding carboxylic acids is 1. The molecule has 0 unspecified atom stereocenters. The number of imidazole rings is 1. The summed E-state index contributed by atoms with van der Waals surface area (Å²) in [5.74, 6) is 1.16. The van der Waals surface area contributed by atoms with Crippen LogP contribution in [0, 0.1) is 0 Å². The lowest BCUT2D eigenvalue weighted by atomic mass is 10.1. The summed E-state index contributed by atoms with van der Waals surface area (Å²) in [6.45, 7) is 0. The lowest BCUT2D eigenvalue weighted by molar-refractivity contribution is 0.102. The zero-order chi connectivity index (χ0) is 17.9. The number of ether oxygens (including phenoxy) is 1. The average Bonchev–Trinajstić information content (AvgIpc) is 3.12. The van der Waals surface area contributed by atoms with Crippen molar-refractivity contribution in [3.05, 3.63) is 78.4 Å². The lowest BCUT2D eigenvalue weighted by Gasteiger charge is -2.10. The number of H-pyrrole nitrogens is 1. The molecule has 5 heteroatoms. The Morgan fingerprint density at radius 1 is 1.00 bits per heavy atom. The van der Waals surface area contributed by atoms with Crippen LogP contribution in [0.1, 0.15) is 10.4 Å². The number of nitrogens with one attached hydrogen (secondary N) is 2. The number of fused-ring (bicyclic) bond motifs is 1. The molecule has 5 nitrogen and oxygen atoms in total. The standard InChI is InChI=1S/C21H17N3O2/c1-26-15-8-6-7-14(13-15)21(25)24-17-10-3-2-9-16(17)20-22-18-11-4-5-12-19(18)23-20/h2-13H,1H3,(H,22,23)(H,24,25). The van der Waals surface area contributed by atoms with Gasteiger partial charge in [-0.15, -0.1) is 0 Å². The van der Waals surface area contributed by atoms with Crippen LogP contribution in [0.3, 0.4) is 0 Å². The van der Waals surface area contributed by atoms with Gasteiger partial charge in [-0.25, -0.2) is 4.98 Å². The van der Waals surface area contributed by atoms with Gasteiger partial charge in [-0.05, 0) is 42.5 Å². The van der Waals surface area contributed by atoms with E-state index in [1.54, 1.807) is 31.4 Å². The second kappa shape index (κ2) is 6.72. The van der Waals surface area contributed by atoms with Gasteiger partial charge < -0.3 is 15.0 Å². The van der Waals surface area contributed by atoms with Gasteiger partial charge in [0.25, 0.3) is 5.91 Å². The third-order valence-corrected chi connectivity index (χ3v) is 4.15. The van der Waals surface area contributed by atoms with Gasteiger partial charge in [0, 0.05) is 11.1 Å². The molecule has 128 valence electrons. The van der Waals surface area contributed by atoms with E-state index in [2.05, 4.69) is 15.3 Å². The average molecular weight is 343 g/mol. The fourth-order valence-corrected chi connectivity index (χ4v) is 2.84. The zero-order valence-electron chi connectivity index (χ0n) is 14.2. The van der Waals surface area contributed by atoms with Crippen molar-refractivity contribution in [2.45, 2.75) is 0 Å². The van der Waals surface area contributed by atoms with Crippen LogP contribution in [0.15, 0.2) is 72.8 Å². The Bertz CT molecular complexity index is 1050. The minimum atomic E-state index is -0.201. The van der Waals surface area contributed by atoms with Crippen molar-refractivity contribution in [3.63, 3.8) is 0 Å². The molecule has 0 saturated heterocycles. The molecule has 0 spiro atoms. The van der Waals surface area contributed by atoms with Crippen LogP contribution in [0.25, 0.3) is 22.4 Å². The van der Waals surface area contributed by atoms with Gasteiger partial charge in [-0.3, -0.25) is 4.79 Å². The summed E-state index contributed by atoms with van der Waals surface area (Å²) in [6.07, 6.45) is 0. The van der Waals surface area contributed by atoms with Gasteiger partial charge in [-0.2, -0.15) is 0 Å². The van der Waals surface area contributed by atoms with Crippen molar-refractivity contribution in [2.75, 3.05) is 12.4 Å². The van der Waals surface area contributed by atoms with Gasteiger partial charge in [-0.1, -0.05) is 30.3 Å². The Balaban J connectivity index is 1.68. The summed E-state index contributed by atoms with van der Waals surface area (Å²) in [5, 5.41) is 2.97. The summed E-state index contributed by atoms with van der Waals surface area (Å²) in [6, 6.07) is 22.5. The van der Waals surface area contributed by atoms with Gasteiger partial charge in [0.1, 0.15) is 11.6 Å². The number of methoxy groups -OCH3 is 1. The molecule has 0 aliphatic carbocycles. The largest absolute Gasteiger partial charge is 0.497 e. The van der Waals surface area contributed by atoms with Gasteiger partial charge in [0.05, 0.1) is 23.8 Å². The predicted molar refractivity (Wildman–Crippen MR) is 102 cm³/mol. The zero-order valence-corrected chi connectivity index (χ0v) is 14.2. The summed E-state index contributed by atoms with van der Waals surface area (Å²) in [7, 11) is 1.58. The summed E-state index contributed by atoms with van der Waals surface area (Å²) >= 11 is 0. The van der Waals surface area contributed by atoms with E-state index in [9.17, 15) is 4.79 Å². The molecule has 0 bridgehead atoms. The Labute approximate surface area is 150 Å². The SMILES string of the molecule is COc1cccc(C(=O)Nc2ccccc2-c2nc3ccccc3[nH]2)c1. The maximum Gasteiger partial charge on any atom is 0.255 e. The van der Waals surface area contributed by atoms with Crippen molar-refractivity contribution in [1.82, 2.24) is 9.97 Å². The fourth-order valence-electron chi connectivity index (χ4n) is 2.84. The number of aromatic nitrogens is 2. The lowest BCUT2D eigenvalue weighted by Crippen LogP contribution is -2.12. The summed E-state index contributed by atoms with van der Waals surface area (Å²) in [4.78, 5) is 20.6. The molecule has 1 heterocycles. The van der Waals surface area contributed by atoms with Crippen LogP contribution < -0.4 is 10.1 Å². The van der Waals surface area contributed by atoms with Gasteiger partial charge in [0.2, 0.25) is 0 Å². The maximum atomic E-state index is 12.6. The number of carbonyl (C=O) groups is 1. The molecule has 0 atom stereocenters. The molecule has 0 aliphatic heterocycles. The van der Waals surface area contributed by atoms with Crippen molar-refractivity contribution < 1.29 is 9.53 Å². The van der Waals surface area contributed by atoms with E-state index >= 15 is 0 Å². The number of para-hydroxylation sites is 3. The van der Waals surface area contributed by atoms with Gasteiger partial charge >= 0.3 is 0 Å². The first kappa shape index (κ1) is 15.9. The summed E-state index contributed by atoms with van der Waals surface area (Å²) < 4.78 is 5.19. The highest BCUT2D eigenvalue weighted by atomic mass is 16.5. The van der Waals surface area contributed by atoms with E-state index in [0.717, 1.165) is 16.6 Å². The quantitative estimate of drug-likeness (QED) is 0.574. The molecule has 0 saturated carbocycles. The topological polar surface area (TPSA) is 67.0 Å². The first-order valence-electron chi connectivity index (χ1n) is 8.24. The van der Waals surface area contributed by atoms with E-state index in [4.69, 9.17) is 4.74 Å². The monoisotopic (exact) mass is 343 g/mol. The van der Waals surface area contributed by atoms with E-state index in [1.807, 2.05) is 48.5 Å². The highest BCUT2D eigenvalue weighted by molar-refractivity contribution is 6.06. The molecule has 26 heavy (non-hydrogen) atoms. The fraction of sp³-hybridized carbons (Fsp3) is 0.0476. The van der Waals surface area contributed by atoms with E-state index in [-0.39, 0.29) is 5.91 Å². The second-order valence-electron chi connectivity index (χ2n) is 5.83. The molecule has 0 aliphatic rings. The molecule has 3 aromatic carbocycles. The molecule has 4 rings (SSSR count). The third-order valence-electron chi connectivity index (χ3n) is 4.15. The van der Waals surface area contributed by atoms with Crippen molar-refractivity contribution >= 4 is 22.6 Å². The molecular weight excluding hydrogens is 326 g/mol.